The molecule has 0 radical (unpaired) electrons. The van der Waals surface area contributed by atoms with E-state index in [2.05, 4.69) is 5.32 Å². The summed E-state index contributed by atoms with van der Waals surface area (Å²) in [5, 5.41) is 2.77. The molecule has 0 unspecified atom stereocenters. The second-order valence-corrected chi connectivity index (χ2v) is 3.35. The van der Waals surface area contributed by atoms with Crippen molar-refractivity contribution >= 4 is 5.91 Å². The summed E-state index contributed by atoms with van der Waals surface area (Å²) in [4.78, 5) is 11.1. The summed E-state index contributed by atoms with van der Waals surface area (Å²) < 4.78 is 5.10. The number of nitrogens with two attached hydrogens (primary N) is 1. The molecule has 0 saturated carbocycles. The first kappa shape index (κ1) is 12.4. The molecule has 1 amide bonds. The van der Waals surface area contributed by atoms with Gasteiger partial charge < -0.3 is 15.8 Å². The molecule has 78 valence electrons. The van der Waals surface area contributed by atoms with Crippen LogP contribution in [-0.2, 0) is 9.53 Å². The molecule has 4 heteroatoms. The summed E-state index contributed by atoms with van der Waals surface area (Å²) >= 11 is 0. The van der Waals surface area contributed by atoms with E-state index in [-0.39, 0.29) is 5.91 Å². The molecule has 0 bridgehead atoms. The Morgan fingerprint density at radius 3 is 2.69 bits per heavy atom. The lowest BCUT2D eigenvalue weighted by molar-refractivity contribution is -0.122. The molecule has 0 heterocycles. The molecule has 0 aliphatic rings. The monoisotopic (exact) mass is 188 g/mol. The smallest absolute Gasteiger partial charge is 0.220 e. The SMILES string of the molecule is CC(C)CC(=O)NCCOCCN. The van der Waals surface area contributed by atoms with E-state index in [0.29, 0.717) is 38.6 Å². The molecule has 0 aliphatic carbocycles. The molecule has 0 spiro atoms. The highest BCUT2D eigenvalue weighted by Crippen LogP contribution is 1.97. The zero-order chi connectivity index (χ0) is 10.1. The van der Waals surface area contributed by atoms with Crippen LogP contribution in [0.3, 0.4) is 0 Å². The van der Waals surface area contributed by atoms with Crippen molar-refractivity contribution in [3.05, 3.63) is 0 Å². The second kappa shape index (κ2) is 8.01. The number of nitrogens with one attached hydrogen (secondary N) is 1. The van der Waals surface area contributed by atoms with Crippen LogP contribution in [0.1, 0.15) is 20.3 Å². The first-order chi connectivity index (χ1) is 6.16. The van der Waals surface area contributed by atoms with Crippen LogP contribution in [0.2, 0.25) is 0 Å². The minimum absolute atomic E-state index is 0.0892. The van der Waals surface area contributed by atoms with Crippen LogP contribution in [0.4, 0.5) is 0 Å². The fraction of sp³-hybridized carbons (Fsp3) is 0.889. The number of carbonyl (C=O) groups excluding carboxylic acids is 1. The zero-order valence-electron chi connectivity index (χ0n) is 8.51. The van der Waals surface area contributed by atoms with Crippen LogP contribution >= 0.6 is 0 Å². The van der Waals surface area contributed by atoms with Crippen molar-refractivity contribution in [2.45, 2.75) is 20.3 Å². The molecule has 0 aromatic carbocycles. The van der Waals surface area contributed by atoms with Crippen molar-refractivity contribution in [1.29, 1.82) is 0 Å². The maximum atomic E-state index is 11.1. The van der Waals surface area contributed by atoms with Crippen molar-refractivity contribution < 1.29 is 9.53 Å². The fourth-order valence-electron chi connectivity index (χ4n) is 0.891. The van der Waals surface area contributed by atoms with Gasteiger partial charge in [-0.1, -0.05) is 13.8 Å². The Labute approximate surface area is 79.8 Å². The first-order valence-electron chi connectivity index (χ1n) is 4.71. The topological polar surface area (TPSA) is 64.3 Å². The van der Waals surface area contributed by atoms with Crippen molar-refractivity contribution in [2.24, 2.45) is 11.7 Å². The molecule has 0 aromatic heterocycles. The lowest BCUT2D eigenvalue weighted by Gasteiger charge is -2.06. The van der Waals surface area contributed by atoms with Crippen molar-refractivity contribution in [1.82, 2.24) is 5.32 Å². The number of hydrogen-bond donors (Lipinski definition) is 2. The van der Waals surface area contributed by atoms with Crippen LogP contribution in [-0.4, -0.2) is 32.2 Å². The van der Waals surface area contributed by atoms with E-state index in [4.69, 9.17) is 10.5 Å². The van der Waals surface area contributed by atoms with Crippen molar-refractivity contribution in [3.63, 3.8) is 0 Å². The van der Waals surface area contributed by atoms with Crippen molar-refractivity contribution in [3.8, 4) is 0 Å². The number of hydrogen-bond acceptors (Lipinski definition) is 3. The van der Waals surface area contributed by atoms with Gasteiger partial charge in [-0.05, 0) is 5.92 Å². The Morgan fingerprint density at radius 1 is 1.46 bits per heavy atom. The van der Waals surface area contributed by atoms with E-state index >= 15 is 0 Å². The van der Waals surface area contributed by atoms with E-state index in [1.165, 1.54) is 0 Å². The zero-order valence-corrected chi connectivity index (χ0v) is 8.51. The normalized spacial score (nSPS) is 10.5. The van der Waals surface area contributed by atoms with Gasteiger partial charge in [-0.15, -0.1) is 0 Å². The summed E-state index contributed by atoms with van der Waals surface area (Å²) in [6.07, 6.45) is 0.580. The predicted molar refractivity (Wildman–Crippen MR) is 52.3 cm³/mol. The molecule has 0 aromatic rings. The minimum Gasteiger partial charge on any atom is -0.378 e. The van der Waals surface area contributed by atoms with E-state index in [1.54, 1.807) is 0 Å². The Morgan fingerprint density at radius 2 is 2.15 bits per heavy atom. The molecule has 0 aliphatic heterocycles. The molecule has 4 nitrogen and oxygen atoms in total. The Kier molecular flexibility index (Phi) is 7.63. The van der Waals surface area contributed by atoms with Gasteiger partial charge in [0, 0.05) is 19.5 Å². The average Bonchev–Trinajstić information content (AvgIpc) is 2.02. The molecule has 0 atom stereocenters. The molecule has 0 rings (SSSR count). The number of rotatable bonds is 7. The van der Waals surface area contributed by atoms with E-state index in [1.807, 2.05) is 13.8 Å². The van der Waals surface area contributed by atoms with Gasteiger partial charge in [0.05, 0.1) is 13.2 Å². The third kappa shape index (κ3) is 9.30. The molecule has 3 N–H and O–H groups in total. The third-order valence-electron chi connectivity index (χ3n) is 1.42. The Bertz CT molecular complexity index is 138. The molecular formula is C9H20N2O2. The molecule has 0 saturated heterocycles. The minimum atomic E-state index is 0.0892. The lowest BCUT2D eigenvalue weighted by Crippen LogP contribution is -2.28. The van der Waals surface area contributed by atoms with E-state index < -0.39 is 0 Å². The number of ether oxygens (including phenoxy) is 1. The lowest BCUT2D eigenvalue weighted by atomic mass is 10.1. The summed E-state index contributed by atoms with van der Waals surface area (Å²) in [5.74, 6) is 0.497. The highest BCUT2D eigenvalue weighted by molar-refractivity contribution is 5.75. The van der Waals surface area contributed by atoms with Gasteiger partial charge in [0.25, 0.3) is 0 Å². The highest BCUT2D eigenvalue weighted by atomic mass is 16.5. The number of amides is 1. The van der Waals surface area contributed by atoms with Gasteiger partial charge in [0.15, 0.2) is 0 Å². The predicted octanol–water partition coefficient (Wildman–Crippen LogP) is 0.124. The van der Waals surface area contributed by atoms with Crippen LogP contribution in [0.5, 0.6) is 0 Å². The highest BCUT2D eigenvalue weighted by Gasteiger charge is 2.02. The van der Waals surface area contributed by atoms with E-state index in [0.717, 1.165) is 0 Å². The Balaban J connectivity index is 3.17. The van der Waals surface area contributed by atoms with Gasteiger partial charge in [-0.3, -0.25) is 4.79 Å². The first-order valence-corrected chi connectivity index (χ1v) is 4.71. The average molecular weight is 188 g/mol. The van der Waals surface area contributed by atoms with E-state index in [9.17, 15) is 4.79 Å². The van der Waals surface area contributed by atoms with Gasteiger partial charge in [0.2, 0.25) is 5.91 Å². The van der Waals surface area contributed by atoms with Crippen LogP contribution in [0.15, 0.2) is 0 Å². The fourth-order valence-corrected chi connectivity index (χ4v) is 0.891. The maximum absolute atomic E-state index is 11.1. The van der Waals surface area contributed by atoms with Crippen LogP contribution < -0.4 is 11.1 Å². The molecule has 0 fully saturated rings. The summed E-state index contributed by atoms with van der Waals surface area (Å²) in [6.45, 7) is 6.24. The standard InChI is InChI=1S/C9H20N2O2/c1-8(2)7-9(12)11-4-6-13-5-3-10/h8H,3-7,10H2,1-2H3,(H,11,12). The van der Waals surface area contributed by atoms with Gasteiger partial charge in [-0.2, -0.15) is 0 Å². The third-order valence-corrected chi connectivity index (χ3v) is 1.42. The quantitative estimate of drug-likeness (QED) is 0.558. The van der Waals surface area contributed by atoms with Crippen molar-refractivity contribution in [2.75, 3.05) is 26.3 Å². The summed E-state index contributed by atoms with van der Waals surface area (Å²) in [6, 6.07) is 0. The molecular weight excluding hydrogens is 168 g/mol. The van der Waals surface area contributed by atoms with Gasteiger partial charge in [-0.25, -0.2) is 0 Å². The number of carbonyl (C=O) groups is 1. The van der Waals surface area contributed by atoms with Crippen LogP contribution in [0.25, 0.3) is 0 Å². The Hall–Kier alpha value is -0.610. The largest absolute Gasteiger partial charge is 0.378 e. The van der Waals surface area contributed by atoms with Gasteiger partial charge >= 0.3 is 0 Å². The van der Waals surface area contributed by atoms with Crippen LogP contribution in [0, 0.1) is 5.92 Å². The maximum Gasteiger partial charge on any atom is 0.220 e. The second-order valence-electron chi connectivity index (χ2n) is 3.35. The van der Waals surface area contributed by atoms with Gasteiger partial charge in [0.1, 0.15) is 0 Å². The molecule has 13 heavy (non-hydrogen) atoms. The summed E-state index contributed by atoms with van der Waals surface area (Å²) in [7, 11) is 0. The summed E-state index contributed by atoms with van der Waals surface area (Å²) in [5.41, 5.74) is 5.22.